The summed E-state index contributed by atoms with van der Waals surface area (Å²) >= 11 is 0. The van der Waals surface area contributed by atoms with E-state index in [2.05, 4.69) is 9.62 Å². The molecule has 1 N–H and O–H groups in total. The maximum Gasteiger partial charge on any atom is 0.240 e. The molecular formula is C22H28FN3O3S. The Morgan fingerprint density at radius 3 is 2.47 bits per heavy atom. The van der Waals surface area contributed by atoms with Gasteiger partial charge in [-0.2, -0.15) is 0 Å². The number of rotatable bonds is 7. The van der Waals surface area contributed by atoms with E-state index >= 15 is 0 Å². The van der Waals surface area contributed by atoms with Crippen LogP contribution in [0.15, 0.2) is 59.5 Å². The summed E-state index contributed by atoms with van der Waals surface area (Å²) in [5.41, 5.74) is 0.743. The molecule has 1 unspecified atom stereocenters. The minimum absolute atomic E-state index is 0.0393. The molecule has 0 bridgehead atoms. The van der Waals surface area contributed by atoms with Crippen molar-refractivity contribution in [3.8, 4) is 0 Å². The number of piperidine rings is 1. The van der Waals surface area contributed by atoms with E-state index in [9.17, 15) is 17.6 Å². The molecule has 1 aliphatic heterocycles. The van der Waals surface area contributed by atoms with Crippen molar-refractivity contribution in [3.05, 3.63) is 66.0 Å². The van der Waals surface area contributed by atoms with E-state index in [1.54, 1.807) is 54.4 Å². The first-order chi connectivity index (χ1) is 14.3. The van der Waals surface area contributed by atoms with Gasteiger partial charge in [-0.1, -0.05) is 30.3 Å². The number of hydrogen-bond acceptors (Lipinski definition) is 4. The number of carbonyl (C=O) groups is 1. The molecule has 1 heterocycles. The second-order valence-corrected chi connectivity index (χ2v) is 9.46. The van der Waals surface area contributed by atoms with Gasteiger partial charge >= 0.3 is 0 Å². The van der Waals surface area contributed by atoms with Gasteiger partial charge in [0.15, 0.2) is 0 Å². The van der Waals surface area contributed by atoms with Crippen LogP contribution in [0.3, 0.4) is 0 Å². The van der Waals surface area contributed by atoms with Crippen molar-refractivity contribution in [1.82, 2.24) is 14.5 Å². The monoisotopic (exact) mass is 433 g/mol. The van der Waals surface area contributed by atoms with Gasteiger partial charge in [0.25, 0.3) is 0 Å². The third-order valence-corrected chi connectivity index (χ3v) is 7.03. The van der Waals surface area contributed by atoms with E-state index in [1.165, 1.54) is 12.1 Å². The lowest BCUT2D eigenvalue weighted by molar-refractivity contribution is -0.136. The highest BCUT2D eigenvalue weighted by atomic mass is 32.2. The normalized spacial score (nSPS) is 16.9. The van der Waals surface area contributed by atoms with E-state index in [0.29, 0.717) is 32.5 Å². The molecule has 1 saturated heterocycles. The highest BCUT2D eigenvalue weighted by molar-refractivity contribution is 7.89. The minimum Gasteiger partial charge on any atom is -0.340 e. The van der Waals surface area contributed by atoms with Gasteiger partial charge in [0.2, 0.25) is 15.9 Å². The van der Waals surface area contributed by atoms with Crippen molar-refractivity contribution in [3.63, 3.8) is 0 Å². The van der Waals surface area contributed by atoms with Crippen LogP contribution < -0.4 is 4.72 Å². The number of benzene rings is 2. The number of likely N-dealkylation sites (N-methyl/N-ethyl adjacent to an activating group) is 1. The predicted molar refractivity (Wildman–Crippen MR) is 114 cm³/mol. The van der Waals surface area contributed by atoms with Crippen molar-refractivity contribution in [1.29, 1.82) is 0 Å². The molecule has 0 saturated carbocycles. The molecule has 6 nitrogen and oxygen atoms in total. The Balaban J connectivity index is 1.52. The van der Waals surface area contributed by atoms with Crippen molar-refractivity contribution in [2.75, 3.05) is 20.1 Å². The van der Waals surface area contributed by atoms with Crippen LogP contribution in [-0.2, 0) is 21.4 Å². The summed E-state index contributed by atoms with van der Waals surface area (Å²) in [6, 6.07) is 14.1. The molecule has 8 heteroatoms. The SMILES string of the molecule is CC(C(=O)N(C)Cc1cccc(F)c1)N1CCC(NS(=O)(=O)c2ccccc2)CC1. The smallest absolute Gasteiger partial charge is 0.240 e. The number of likely N-dealkylation sites (tertiary alicyclic amines) is 1. The van der Waals surface area contributed by atoms with Crippen molar-refractivity contribution in [2.45, 2.75) is 43.3 Å². The lowest BCUT2D eigenvalue weighted by Gasteiger charge is -2.36. The van der Waals surface area contributed by atoms with Crippen LogP contribution >= 0.6 is 0 Å². The molecular weight excluding hydrogens is 405 g/mol. The maximum absolute atomic E-state index is 13.4. The summed E-state index contributed by atoms with van der Waals surface area (Å²) in [4.78, 5) is 16.7. The molecule has 0 aliphatic carbocycles. The van der Waals surface area contributed by atoms with Gasteiger partial charge in [-0.05, 0) is 49.6 Å². The zero-order valence-corrected chi connectivity index (χ0v) is 18.1. The first-order valence-corrected chi connectivity index (χ1v) is 11.6. The molecule has 1 fully saturated rings. The van der Waals surface area contributed by atoms with Crippen molar-refractivity contribution in [2.24, 2.45) is 0 Å². The van der Waals surface area contributed by atoms with Gasteiger partial charge in [0.05, 0.1) is 10.9 Å². The summed E-state index contributed by atoms with van der Waals surface area (Å²) < 4.78 is 41.1. The first kappa shape index (κ1) is 22.4. The van der Waals surface area contributed by atoms with Gasteiger partial charge in [0, 0.05) is 32.7 Å². The van der Waals surface area contributed by atoms with Crippen LogP contribution in [0.2, 0.25) is 0 Å². The van der Waals surface area contributed by atoms with Crippen LogP contribution in [-0.4, -0.2) is 56.3 Å². The van der Waals surface area contributed by atoms with Crippen molar-refractivity contribution >= 4 is 15.9 Å². The number of hydrogen-bond donors (Lipinski definition) is 1. The zero-order valence-electron chi connectivity index (χ0n) is 17.3. The third-order valence-electron chi connectivity index (χ3n) is 5.49. The van der Waals surface area contributed by atoms with Crippen LogP contribution in [0, 0.1) is 5.82 Å². The van der Waals surface area contributed by atoms with Crippen LogP contribution in [0.5, 0.6) is 0 Å². The fraction of sp³-hybridized carbons (Fsp3) is 0.409. The Labute approximate surface area is 177 Å². The topological polar surface area (TPSA) is 69.7 Å². The standard InChI is InChI=1S/C22H28FN3O3S/c1-17(22(27)25(2)16-18-7-6-8-19(23)15-18)26-13-11-20(12-14-26)24-30(28,29)21-9-4-3-5-10-21/h3-10,15,17,20,24H,11-14,16H2,1-2H3. The van der Waals surface area contributed by atoms with Gasteiger partial charge in [-0.3, -0.25) is 9.69 Å². The summed E-state index contributed by atoms with van der Waals surface area (Å²) in [5, 5.41) is 0. The number of carbonyl (C=O) groups excluding carboxylic acids is 1. The molecule has 0 spiro atoms. The van der Waals surface area contributed by atoms with Crippen molar-refractivity contribution < 1.29 is 17.6 Å². The summed E-state index contributed by atoms with van der Waals surface area (Å²) in [5.74, 6) is -0.357. The van der Waals surface area contributed by atoms with E-state index in [-0.39, 0.29) is 28.7 Å². The van der Waals surface area contributed by atoms with Crippen LogP contribution in [0.25, 0.3) is 0 Å². The summed E-state index contributed by atoms with van der Waals surface area (Å²) in [6.45, 7) is 3.46. The Morgan fingerprint density at radius 1 is 1.17 bits per heavy atom. The number of sulfonamides is 1. The van der Waals surface area contributed by atoms with Crippen LogP contribution in [0.4, 0.5) is 4.39 Å². The van der Waals surface area contributed by atoms with E-state index < -0.39 is 10.0 Å². The molecule has 2 aromatic rings. The third kappa shape index (κ3) is 5.65. The number of nitrogens with zero attached hydrogens (tertiary/aromatic N) is 2. The average molecular weight is 434 g/mol. The Hall–Kier alpha value is -2.29. The molecule has 1 amide bonds. The van der Waals surface area contributed by atoms with E-state index in [4.69, 9.17) is 0 Å². The Morgan fingerprint density at radius 2 is 1.83 bits per heavy atom. The lowest BCUT2D eigenvalue weighted by Crippen LogP contribution is -2.51. The maximum atomic E-state index is 13.4. The highest BCUT2D eigenvalue weighted by Crippen LogP contribution is 2.18. The predicted octanol–water partition coefficient (Wildman–Crippen LogP) is 2.62. The van der Waals surface area contributed by atoms with Gasteiger partial charge in [-0.25, -0.2) is 17.5 Å². The number of amides is 1. The number of halogens is 1. The number of nitrogens with one attached hydrogen (secondary N) is 1. The fourth-order valence-electron chi connectivity index (χ4n) is 3.75. The highest BCUT2D eigenvalue weighted by Gasteiger charge is 2.30. The van der Waals surface area contributed by atoms with Gasteiger partial charge in [-0.15, -0.1) is 0 Å². The Bertz CT molecular complexity index is 961. The van der Waals surface area contributed by atoms with E-state index in [0.717, 1.165) is 5.56 Å². The Kier molecular flexibility index (Phi) is 7.23. The largest absolute Gasteiger partial charge is 0.340 e. The molecule has 1 atom stereocenters. The quantitative estimate of drug-likeness (QED) is 0.729. The van der Waals surface area contributed by atoms with E-state index in [1.807, 2.05) is 6.92 Å². The van der Waals surface area contributed by atoms with Crippen LogP contribution in [0.1, 0.15) is 25.3 Å². The molecule has 0 aromatic heterocycles. The average Bonchev–Trinajstić information content (AvgIpc) is 2.73. The summed E-state index contributed by atoms with van der Waals surface area (Å²) in [6.07, 6.45) is 1.27. The van der Waals surface area contributed by atoms with Gasteiger partial charge < -0.3 is 4.90 Å². The second kappa shape index (κ2) is 9.68. The summed E-state index contributed by atoms with van der Waals surface area (Å²) in [7, 11) is -1.83. The molecule has 1 aliphatic rings. The fourth-order valence-corrected chi connectivity index (χ4v) is 5.08. The molecule has 3 rings (SSSR count). The zero-order chi connectivity index (χ0) is 21.7. The van der Waals surface area contributed by atoms with Gasteiger partial charge in [0.1, 0.15) is 5.82 Å². The second-order valence-electron chi connectivity index (χ2n) is 7.74. The molecule has 0 radical (unpaired) electrons. The molecule has 30 heavy (non-hydrogen) atoms. The first-order valence-electron chi connectivity index (χ1n) is 10.1. The lowest BCUT2D eigenvalue weighted by atomic mass is 10.0. The minimum atomic E-state index is -3.54. The molecule has 162 valence electrons. The molecule has 2 aromatic carbocycles.